The molecule has 0 aliphatic carbocycles. The molecule has 7 nitrogen and oxygen atoms in total. The van der Waals surface area contributed by atoms with Crippen molar-refractivity contribution in [3.8, 4) is 0 Å². The minimum absolute atomic E-state index is 0.200. The van der Waals surface area contributed by atoms with Gasteiger partial charge in [-0.15, -0.1) is 0 Å². The fraction of sp³-hybridized carbons (Fsp3) is 0.0833. The summed E-state index contributed by atoms with van der Waals surface area (Å²) in [6.45, 7) is 1.56. The molecule has 0 fully saturated rings. The third-order valence-electron chi connectivity index (χ3n) is 4.98. The van der Waals surface area contributed by atoms with E-state index in [0.29, 0.717) is 33.4 Å². The van der Waals surface area contributed by atoms with Crippen molar-refractivity contribution in [2.45, 2.75) is 13.5 Å². The summed E-state index contributed by atoms with van der Waals surface area (Å²) < 4.78 is 2.01. The largest absolute Gasteiger partial charge is 0.324 e. The van der Waals surface area contributed by atoms with Gasteiger partial charge in [-0.25, -0.2) is 4.98 Å². The van der Waals surface area contributed by atoms with Crippen molar-refractivity contribution in [3.05, 3.63) is 99.0 Å². The zero-order valence-corrected chi connectivity index (χ0v) is 18.7. The lowest BCUT2D eigenvalue weighted by atomic mass is 10.1. The molecule has 0 radical (unpaired) electrons. The second-order valence-corrected chi connectivity index (χ2v) is 8.10. The molecule has 2 amide bonds. The number of hydrogen-bond acceptors (Lipinski definition) is 4. The lowest BCUT2D eigenvalue weighted by Gasteiger charge is -2.13. The molecule has 1 heterocycles. The standard InChI is InChI=1S/C24H19BrN4O3/c1-15-18(23(31)27-17-6-3-2-4-7-17)8-5-9-20(15)28-22(30)13-29-14-26-21-11-10-16(25)12-19(21)24(29)32/h2-12,14H,13H2,1H3,(H,27,31)(H,28,30). The zero-order chi connectivity index (χ0) is 22.7. The fourth-order valence-electron chi connectivity index (χ4n) is 3.33. The van der Waals surface area contributed by atoms with Gasteiger partial charge in [-0.1, -0.05) is 40.2 Å². The van der Waals surface area contributed by atoms with Gasteiger partial charge in [0.25, 0.3) is 11.5 Å². The first-order valence-electron chi connectivity index (χ1n) is 9.83. The molecule has 0 saturated carbocycles. The minimum atomic E-state index is -0.396. The van der Waals surface area contributed by atoms with E-state index in [1.165, 1.54) is 10.9 Å². The highest BCUT2D eigenvalue weighted by atomic mass is 79.9. The van der Waals surface area contributed by atoms with E-state index in [1.54, 1.807) is 55.5 Å². The fourth-order valence-corrected chi connectivity index (χ4v) is 3.69. The van der Waals surface area contributed by atoms with Crippen LogP contribution in [0.5, 0.6) is 0 Å². The number of amides is 2. The Morgan fingerprint density at radius 3 is 2.56 bits per heavy atom. The molecule has 1 aromatic heterocycles. The number of carbonyl (C=O) groups is 2. The van der Waals surface area contributed by atoms with Gasteiger partial charge in [-0.2, -0.15) is 0 Å². The lowest BCUT2D eigenvalue weighted by molar-refractivity contribution is -0.116. The summed E-state index contributed by atoms with van der Waals surface area (Å²) in [4.78, 5) is 42.3. The van der Waals surface area contributed by atoms with Gasteiger partial charge in [0.1, 0.15) is 6.54 Å². The van der Waals surface area contributed by atoms with Gasteiger partial charge in [-0.3, -0.25) is 19.0 Å². The number of halogens is 1. The second kappa shape index (κ2) is 9.15. The Hall–Kier alpha value is -3.78. The molecule has 160 valence electrons. The minimum Gasteiger partial charge on any atom is -0.324 e. The van der Waals surface area contributed by atoms with Crippen molar-refractivity contribution in [2.75, 3.05) is 10.6 Å². The van der Waals surface area contributed by atoms with E-state index in [2.05, 4.69) is 31.5 Å². The van der Waals surface area contributed by atoms with Crippen LogP contribution >= 0.6 is 15.9 Å². The lowest BCUT2D eigenvalue weighted by Crippen LogP contribution is -2.28. The Kier molecular flexibility index (Phi) is 6.13. The normalized spacial score (nSPS) is 10.7. The number of aromatic nitrogens is 2. The Morgan fingerprint density at radius 2 is 1.78 bits per heavy atom. The molecule has 4 aromatic rings. The van der Waals surface area contributed by atoms with Crippen molar-refractivity contribution in [1.29, 1.82) is 0 Å². The first-order chi connectivity index (χ1) is 15.4. The average Bonchev–Trinajstić information content (AvgIpc) is 2.78. The van der Waals surface area contributed by atoms with Crippen molar-refractivity contribution in [1.82, 2.24) is 9.55 Å². The monoisotopic (exact) mass is 490 g/mol. The zero-order valence-electron chi connectivity index (χ0n) is 17.1. The maximum Gasteiger partial charge on any atom is 0.261 e. The van der Waals surface area contributed by atoms with Crippen LogP contribution in [-0.2, 0) is 11.3 Å². The molecular weight excluding hydrogens is 472 g/mol. The van der Waals surface area contributed by atoms with E-state index >= 15 is 0 Å². The van der Waals surface area contributed by atoms with Crippen LogP contribution in [0, 0.1) is 6.92 Å². The molecule has 2 N–H and O–H groups in total. The molecular formula is C24H19BrN4O3. The summed E-state index contributed by atoms with van der Waals surface area (Å²) in [7, 11) is 0. The number of nitrogens with one attached hydrogen (secondary N) is 2. The number of nitrogens with zero attached hydrogens (tertiary/aromatic N) is 2. The number of rotatable bonds is 5. The maximum absolute atomic E-state index is 12.7. The van der Waals surface area contributed by atoms with E-state index in [4.69, 9.17) is 0 Å². The maximum atomic E-state index is 12.7. The Bertz CT molecular complexity index is 1380. The van der Waals surface area contributed by atoms with E-state index in [-0.39, 0.29) is 18.0 Å². The molecule has 8 heteroatoms. The van der Waals surface area contributed by atoms with Crippen molar-refractivity contribution in [2.24, 2.45) is 0 Å². The van der Waals surface area contributed by atoms with E-state index in [9.17, 15) is 14.4 Å². The molecule has 3 aromatic carbocycles. The first kappa shape index (κ1) is 21.5. The van der Waals surface area contributed by atoms with E-state index in [1.807, 2.05) is 18.2 Å². The van der Waals surface area contributed by atoms with E-state index < -0.39 is 5.91 Å². The molecule has 32 heavy (non-hydrogen) atoms. The van der Waals surface area contributed by atoms with Gasteiger partial charge in [0.05, 0.1) is 17.2 Å². The van der Waals surface area contributed by atoms with Crippen LogP contribution in [0.2, 0.25) is 0 Å². The first-order valence-corrected chi connectivity index (χ1v) is 10.6. The molecule has 0 aliphatic heterocycles. The Labute approximate surface area is 192 Å². The summed E-state index contributed by atoms with van der Waals surface area (Å²) in [5.74, 6) is -0.669. The van der Waals surface area contributed by atoms with Crippen LogP contribution in [0.3, 0.4) is 0 Å². The van der Waals surface area contributed by atoms with Crippen LogP contribution in [0.4, 0.5) is 11.4 Å². The number of hydrogen-bond donors (Lipinski definition) is 2. The molecule has 4 rings (SSSR count). The topological polar surface area (TPSA) is 93.1 Å². The molecule has 0 saturated heterocycles. The highest BCUT2D eigenvalue weighted by Gasteiger charge is 2.14. The van der Waals surface area contributed by atoms with Crippen molar-refractivity contribution >= 4 is 50.0 Å². The molecule has 0 bridgehead atoms. The smallest absolute Gasteiger partial charge is 0.261 e. The number of para-hydroxylation sites is 1. The molecule has 0 unspecified atom stereocenters. The highest BCUT2D eigenvalue weighted by molar-refractivity contribution is 9.10. The summed E-state index contributed by atoms with van der Waals surface area (Å²) in [5.41, 5.74) is 2.51. The van der Waals surface area contributed by atoms with Crippen LogP contribution in [0.25, 0.3) is 10.9 Å². The van der Waals surface area contributed by atoms with Crippen LogP contribution in [0.15, 0.2) is 82.3 Å². The Balaban J connectivity index is 1.52. The average molecular weight is 491 g/mol. The van der Waals surface area contributed by atoms with Crippen molar-refractivity contribution in [3.63, 3.8) is 0 Å². The summed E-state index contributed by atoms with van der Waals surface area (Å²) in [5, 5.41) is 6.05. The highest BCUT2D eigenvalue weighted by Crippen LogP contribution is 2.21. The number of fused-ring (bicyclic) bond motifs is 1. The number of carbonyl (C=O) groups excluding carboxylic acids is 2. The summed E-state index contributed by atoms with van der Waals surface area (Å²) >= 11 is 3.35. The number of benzene rings is 3. The molecule has 0 aliphatic rings. The third kappa shape index (κ3) is 4.60. The van der Waals surface area contributed by atoms with Crippen molar-refractivity contribution < 1.29 is 9.59 Å². The van der Waals surface area contributed by atoms with Gasteiger partial charge in [0, 0.05) is 21.4 Å². The van der Waals surface area contributed by atoms with Crippen LogP contribution in [0.1, 0.15) is 15.9 Å². The van der Waals surface area contributed by atoms with E-state index in [0.717, 1.165) is 4.47 Å². The van der Waals surface area contributed by atoms with Gasteiger partial charge < -0.3 is 10.6 Å². The quantitative estimate of drug-likeness (QED) is 0.434. The van der Waals surface area contributed by atoms with Gasteiger partial charge in [0.2, 0.25) is 5.91 Å². The Morgan fingerprint density at radius 1 is 1.00 bits per heavy atom. The summed E-state index contributed by atoms with van der Waals surface area (Å²) in [6.07, 6.45) is 1.36. The number of anilines is 2. The molecule has 0 spiro atoms. The van der Waals surface area contributed by atoms with Gasteiger partial charge in [-0.05, 0) is 55.0 Å². The third-order valence-corrected chi connectivity index (χ3v) is 5.48. The van der Waals surface area contributed by atoms with Crippen LogP contribution in [-0.4, -0.2) is 21.4 Å². The van der Waals surface area contributed by atoms with Gasteiger partial charge >= 0.3 is 0 Å². The second-order valence-electron chi connectivity index (χ2n) is 7.19. The van der Waals surface area contributed by atoms with Crippen LogP contribution < -0.4 is 16.2 Å². The predicted octanol–water partition coefficient (Wildman–Crippen LogP) is 4.36. The molecule has 0 atom stereocenters. The van der Waals surface area contributed by atoms with Gasteiger partial charge in [0.15, 0.2) is 0 Å². The summed E-state index contributed by atoms with van der Waals surface area (Å²) in [6, 6.07) is 19.5. The predicted molar refractivity (Wildman–Crippen MR) is 128 cm³/mol. The SMILES string of the molecule is Cc1c(NC(=O)Cn2cnc3ccc(Br)cc3c2=O)cccc1C(=O)Nc1ccccc1.